The van der Waals surface area contributed by atoms with Gasteiger partial charge < -0.3 is 5.32 Å². The quantitative estimate of drug-likeness (QED) is 0.858. The molecule has 0 amide bonds. The first-order chi connectivity index (χ1) is 8.63. The fraction of sp³-hybridized carbons (Fsp3) is 0.600. The molecule has 0 aromatic heterocycles. The molecule has 1 nitrogen and oxygen atoms in total. The maximum Gasteiger partial charge on any atom is 0.126 e. The van der Waals surface area contributed by atoms with E-state index in [1.165, 1.54) is 37.8 Å². The summed E-state index contributed by atoms with van der Waals surface area (Å²) in [6.45, 7) is 3.80. The van der Waals surface area contributed by atoms with Gasteiger partial charge in [-0.1, -0.05) is 19.8 Å². The van der Waals surface area contributed by atoms with Crippen LogP contribution < -0.4 is 5.32 Å². The summed E-state index contributed by atoms with van der Waals surface area (Å²) in [6.07, 6.45) is 5.15. The molecule has 1 fully saturated rings. The first kappa shape index (κ1) is 13.5. The Labute approximate surface area is 108 Å². The topological polar surface area (TPSA) is 12.0 Å². The van der Waals surface area contributed by atoms with Crippen molar-refractivity contribution in [3.63, 3.8) is 0 Å². The Morgan fingerprint density at radius 3 is 2.28 bits per heavy atom. The fourth-order valence-corrected chi connectivity index (χ4v) is 2.67. The molecule has 0 saturated heterocycles. The van der Waals surface area contributed by atoms with E-state index in [9.17, 15) is 8.78 Å². The lowest BCUT2D eigenvalue weighted by Crippen LogP contribution is -2.25. The van der Waals surface area contributed by atoms with Crippen molar-refractivity contribution in [2.75, 3.05) is 6.54 Å². The number of hydrogen-bond donors (Lipinski definition) is 1. The van der Waals surface area contributed by atoms with Gasteiger partial charge in [-0.15, -0.1) is 0 Å². The smallest absolute Gasteiger partial charge is 0.126 e. The molecule has 1 saturated carbocycles. The lowest BCUT2D eigenvalue weighted by molar-refractivity contribution is 0.281. The first-order valence-electron chi connectivity index (χ1n) is 6.79. The number of benzene rings is 1. The van der Waals surface area contributed by atoms with E-state index >= 15 is 0 Å². The van der Waals surface area contributed by atoms with Gasteiger partial charge in [0.15, 0.2) is 0 Å². The van der Waals surface area contributed by atoms with Gasteiger partial charge >= 0.3 is 0 Å². The number of halogens is 2. The third kappa shape index (κ3) is 4.05. The van der Waals surface area contributed by atoms with Crippen LogP contribution in [0.4, 0.5) is 8.78 Å². The Bertz CT molecular complexity index is 364. The number of hydrogen-bond acceptors (Lipinski definition) is 1. The van der Waals surface area contributed by atoms with Crippen molar-refractivity contribution in [1.82, 2.24) is 5.32 Å². The molecule has 1 aliphatic carbocycles. The third-order valence-corrected chi connectivity index (χ3v) is 3.82. The summed E-state index contributed by atoms with van der Waals surface area (Å²) >= 11 is 0. The highest BCUT2D eigenvalue weighted by Gasteiger charge is 2.17. The van der Waals surface area contributed by atoms with E-state index in [1.54, 1.807) is 0 Å². The van der Waals surface area contributed by atoms with E-state index in [0.29, 0.717) is 12.1 Å². The molecule has 0 unspecified atom stereocenters. The van der Waals surface area contributed by atoms with Crippen LogP contribution >= 0.6 is 0 Å². The van der Waals surface area contributed by atoms with Gasteiger partial charge in [0.05, 0.1) is 0 Å². The molecular formula is C15H21F2N. The Hall–Kier alpha value is -0.960. The second kappa shape index (κ2) is 6.28. The zero-order valence-corrected chi connectivity index (χ0v) is 10.9. The van der Waals surface area contributed by atoms with Crippen molar-refractivity contribution in [1.29, 1.82) is 0 Å². The molecule has 1 aromatic rings. The molecule has 0 heterocycles. The van der Waals surface area contributed by atoms with E-state index in [4.69, 9.17) is 0 Å². The van der Waals surface area contributed by atoms with Gasteiger partial charge in [-0.2, -0.15) is 0 Å². The van der Waals surface area contributed by atoms with Crippen LogP contribution in [0.5, 0.6) is 0 Å². The Balaban J connectivity index is 1.74. The van der Waals surface area contributed by atoms with Crippen LogP contribution in [-0.2, 0) is 6.54 Å². The van der Waals surface area contributed by atoms with Crippen molar-refractivity contribution in [2.24, 2.45) is 11.8 Å². The standard InChI is InChI=1S/C15H21F2N/c1-11-2-4-12(5-3-11)9-18-10-13-6-14(16)8-15(17)7-13/h6-8,11-12,18H,2-5,9-10H2,1H3. The van der Waals surface area contributed by atoms with Crippen molar-refractivity contribution < 1.29 is 8.78 Å². The Morgan fingerprint density at radius 1 is 1.06 bits per heavy atom. The second-order valence-corrected chi connectivity index (χ2v) is 5.53. The van der Waals surface area contributed by atoms with Crippen LogP contribution in [-0.4, -0.2) is 6.54 Å². The van der Waals surface area contributed by atoms with E-state index < -0.39 is 11.6 Å². The third-order valence-electron chi connectivity index (χ3n) is 3.82. The van der Waals surface area contributed by atoms with Gasteiger partial charge in [0, 0.05) is 12.6 Å². The number of nitrogens with one attached hydrogen (secondary N) is 1. The maximum absolute atomic E-state index is 13.0. The molecule has 0 aliphatic heterocycles. The summed E-state index contributed by atoms with van der Waals surface area (Å²) in [5.74, 6) is 0.578. The highest BCUT2D eigenvalue weighted by Crippen LogP contribution is 2.27. The van der Waals surface area contributed by atoms with Crippen molar-refractivity contribution in [2.45, 2.75) is 39.2 Å². The predicted molar refractivity (Wildman–Crippen MR) is 69.2 cm³/mol. The van der Waals surface area contributed by atoms with Gasteiger partial charge in [0.2, 0.25) is 0 Å². The zero-order chi connectivity index (χ0) is 13.0. The lowest BCUT2D eigenvalue weighted by atomic mass is 9.83. The molecular weight excluding hydrogens is 232 g/mol. The van der Waals surface area contributed by atoms with Gasteiger partial charge in [0.25, 0.3) is 0 Å². The van der Waals surface area contributed by atoms with E-state index in [0.717, 1.165) is 24.4 Å². The molecule has 1 aromatic carbocycles. The minimum Gasteiger partial charge on any atom is -0.312 e. The molecule has 2 rings (SSSR count). The van der Waals surface area contributed by atoms with Gasteiger partial charge in [0.1, 0.15) is 11.6 Å². The molecule has 3 heteroatoms. The molecule has 18 heavy (non-hydrogen) atoms. The summed E-state index contributed by atoms with van der Waals surface area (Å²) in [7, 11) is 0. The minimum atomic E-state index is -0.502. The van der Waals surface area contributed by atoms with Crippen LogP contribution in [0.15, 0.2) is 18.2 Å². The monoisotopic (exact) mass is 253 g/mol. The highest BCUT2D eigenvalue weighted by atomic mass is 19.1. The van der Waals surface area contributed by atoms with Crippen molar-refractivity contribution >= 4 is 0 Å². The van der Waals surface area contributed by atoms with E-state index in [1.807, 2.05) is 0 Å². The number of rotatable bonds is 4. The SMILES string of the molecule is CC1CCC(CNCc2cc(F)cc(F)c2)CC1. The van der Waals surface area contributed by atoms with Crippen molar-refractivity contribution in [3.05, 3.63) is 35.4 Å². The van der Waals surface area contributed by atoms with Gasteiger partial charge in [-0.05, 0) is 48.9 Å². The molecule has 1 N–H and O–H groups in total. The first-order valence-corrected chi connectivity index (χ1v) is 6.79. The molecule has 100 valence electrons. The Kier molecular flexibility index (Phi) is 4.70. The second-order valence-electron chi connectivity index (χ2n) is 5.53. The highest BCUT2D eigenvalue weighted by molar-refractivity contribution is 5.17. The van der Waals surface area contributed by atoms with E-state index in [2.05, 4.69) is 12.2 Å². The molecule has 0 radical (unpaired) electrons. The summed E-state index contributed by atoms with van der Waals surface area (Å²) in [6, 6.07) is 3.68. The summed E-state index contributed by atoms with van der Waals surface area (Å²) < 4.78 is 26.0. The van der Waals surface area contributed by atoms with Crippen LogP contribution in [0.1, 0.15) is 38.2 Å². The predicted octanol–water partition coefficient (Wildman–Crippen LogP) is 3.88. The van der Waals surface area contributed by atoms with Crippen LogP contribution in [0, 0.1) is 23.5 Å². The Morgan fingerprint density at radius 2 is 1.67 bits per heavy atom. The van der Waals surface area contributed by atoms with Gasteiger partial charge in [-0.25, -0.2) is 8.78 Å². The minimum absolute atomic E-state index is 0.502. The molecule has 0 spiro atoms. The average molecular weight is 253 g/mol. The summed E-state index contributed by atoms with van der Waals surface area (Å²) in [5.41, 5.74) is 0.677. The molecule has 0 atom stereocenters. The normalized spacial score (nSPS) is 24.2. The largest absolute Gasteiger partial charge is 0.312 e. The average Bonchev–Trinajstić information content (AvgIpc) is 2.30. The maximum atomic E-state index is 13.0. The van der Waals surface area contributed by atoms with Crippen LogP contribution in [0.3, 0.4) is 0 Å². The summed E-state index contributed by atoms with van der Waals surface area (Å²) in [5, 5.41) is 3.31. The molecule has 0 bridgehead atoms. The van der Waals surface area contributed by atoms with Gasteiger partial charge in [-0.3, -0.25) is 0 Å². The van der Waals surface area contributed by atoms with Crippen molar-refractivity contribution in [3.8, 4) is 0 Å². The van der Waals surface area contributed by atoms with E-state index in [-0.39, 0.29) is 0 Å². The lowest BCUT2D eigenvalue weighted by Gasteiger charge is -2.26. The van der Waals surface area contributed by atoms with Crippen LogP contribution in [0.2, 0.25) is 0 Å². The van der Waals surface area contributed by atoms with Crippen LogP contribution in [0.25, 0.3) is 0 Å². The molecule has 1 aliphatic rings. The summed E-state index contributed by atoms with van der Waals surface area (Å²) in [4.78, 5) is 0. The zero-order valence-electron chi connectivity index (χ0n) is 10.9. The fourth-order valence-electron chi connectivity index (χ4n) is 2.67.